The molecule has 0 bridgehead atoms. The maximum Gasteiger partial charge on any atom is 0.303 e. The fraction of sp³-hybridized carbons (Fsp3) is 0.818. The van der Waals surface area contributed by atoms with E-state index < -0.39 is 12.0 Å². The second kappa shape index (κ2) is 6.86. The molecular weight excluding hydrogens is 240 g/mol. The van der Waals surface area contributed by atoms with Crippen LogP contribution in [0.25, 0.3) is 0 Å². The minimum atomic E-state index is -0.920. The molecule has 1 aliphatic carbocycles. The fourth-order valence-corrected chi connectivity index (χ4v) is 2.80. The monoisotopic (exact) mass is 260 g/mol. The summed E-state index contributed by atoms with van der Waals surface area (Å²) in [7, 11) is 0. The zero-order valence-electron chi connectivity index (χ0n) is 10.0. The van der Waals surface area contributed by atoms with Crippen molar-refractivity contribution < 1.29 is 14.7 Å². The highest BCUT2D eigenvalue weighted by Gasteiger charge is 2.26. The molecule has 0 aromatic carbocycles. The van der Waals surface area contributed by atoms with Gasteiger partial charge in [0, 0.05) is 17.7 Å². The molecule has 17 heavy (non-hydrogen) atoms. The summed E-state index contributed by atoms with van der Waals surface area (Å²) in [4.78, 5) is 22.0. The molecule has 0 aromatic rings. The van der Waals surface area contributed by atoms with Gasteiger partial charge in [-0.1, -0.05) is 0 Å². The number of thioether (sulfide) groups is 1. The van der Waals surface area contributed by atoms with Crippen molar-refractivity contribution in [2.45, 2.75) is 49.4 Å². The number of aliphatic carboxylic acids is 1. The smallest absolute Gasteiger partial charge is 0.303 e. The molecule has 1 fully saturated rings. The normalized spacial score (nSPS) is 25.5. The standard InChI is InChI=1S/C11H20N2O3S/c1-17-8-3-2-7(6-8)13-11(16)9(12)4-5-10(14)15/h7-9H,2-6,12H2,1H3,(H,13,16)(H,14,15). The van der Waals surface area contributed by atoms with E-state index in [0.29, 0.717) is 5.25 Å². The predicted octanol–water partition coefficient (Wildman–Crippen LogP) is 0.579. The molecule has 0 heterocycles. The zero-order valence-corrected chi connectivity index (χ0v) is 10.8. The summed E-state index contributed by atoms with van der Waals surface area (Å²) in [6, 6.07) is -0.504. The summed E-state index contributed by atoms with van der Waals surface area (Å²) >= 11 is 1.83. The molecule has 3 unspecified atom stereocenters. The summed E-state index contributed by atoms with van der Waals surface area (Å²) < 4.78 is 0. The average Bonchev–Trinajstić information content (AvgIpc) is 2.73. The fourth-order valence-electron chi connectivity index (χ4n) is 2.00. The number of carbonyl (C=O) groups excluding carboxylic acids is 1. The van der Waals surface area contributed by atoms with Crippen molar-refractivity contribution in [3.8, 4) is 0 Å². The Bertz CT molecular complexity index is 286. The molecule has 3 atom stereocenters. The lowest BCUT2D eigenvalue weighted by molar-refractivity contribution is -0.137. The first kappa shape index (κ1) is 14.3. The summed E-state index contributed by atoms with van der Waals surface area (Å²) in [5.41, 5.74) is 5.63. The van der Waals surface area contributed by atoms with Gasteiger partial charge in [0.1, 0.15) is 0 Å². The molecule has 5 nitrogen and oxygen atoms in total. The van der Waals surface area contributed by atoms with E-state index in [1.54, 1.807) is 0 Å². The molecule has 0 aromatic heterocycles. The zero-order chi connectivity index (χ0) is 12.8. The number of rotatable bonds is 6. The van der Waals surface area contributed by atoms with Crippen LogP contribution >= 0.6 is 11.8 Å². The molecular formula is C11H20N2O3S. The lowest BCUT2D eigenvalue weighted by Gasteiger charge is -2.16. The molecule has 1 rings (SSSR count). The number of carboxylic acid groups (broad SMARTS) is 1. The first-order valence-corrected chi connectivity index (χ1v) is 7.12. The van der Waals surface area contributed by atoms with Crippen molar-refractivity contribution in [3.05, 3.63) is 0 Å². The topological polar surface area (TPSA) is 92.4 Å². The molecule has 6 heteroatoms. The van der Waals surface area contributed by atoms with Crippen molar-refractivity contribution in [2.75, 3.05) is 6.26 Å². The number of carbonyl (C=O) groups is 2. The van der Waals surface area contributed by atoms with Crippen molar-refractivity contribution in [1.82, 2.24) is 5.32 Å². The van der Waals surface area contributed by atoms with Gasteiger partial charge >= 0.3 is 5.97 Å². The van der Waals surface area contributed by atoms with Gasteiger partial charge in [-0.2, -0.15) is 11.8 Å². The van der Waals surface area contributed by atoms with E-state index in [2.05, 4.69) is 11.6 Å². The largest absolute Gasteiger partial charge is 0.481 e. The Morgan fingerprint density at radius 3 is 2.76 bits per heavy atom. The Labute approximate surface area is 106 Å². The van der Waals surface area contributed by atoms with Gasteiger partial charge in [-0.05, 0) is 31.9 Å². The van der Waals surface area contributed by atoms with Gasteiger partial charge in [-0.3, -0.25) is 9.59 Å². The van der Waals surface area contributed by atoms with Gasteiger partial charge in [0.05, 0.1) is 6.04 Å². The molecule has 1 amide bonds. The minimum absolute atomic E-state index is 0.0628. The van der Waals surface area contributed by atoms with Gasteiger partial charge in [0.25, 0.3) is 0 Å². The first-order valence-electron chi connectivity index (χ1n) is 5.83. The molecule has 0 saturated heterocycles. The number of hydrogen-bond acceptors (Lipinski definition) is 4. The van der Waals surface area contributed by atoms with Crippen LogP contribution in [0.1, 0.15) is 32.1 Å². The summed E-state index contributed by atoms with van der Waals surface area (Å²) in [5.74, 6) is -1.14. The molecule has 98 valence electrons. The molecule has 4 N–H and O–H groups in total. The Morgan fingerprint density at radius 2 is 2.24 bits per heavy atom. The predicted molar refractivity (Wildman–Crippen MR) is 67.9 cm³/mol. The Balaban J connectivity index is 2.26. The lowest BCUT2D eigenvalue weighted by Crippen LogP contribution is -2.44. The molecule has 0 radical (unpaired) electrons. The van der Waals surface area contributed by atoms with Gasteiger partial charge in [-0.15, -0.1) is 0 Å². The van der Waals surface area contributed by atoms with E-state index in [1.165, 1.54) is 0 Å². The van der Waals surface area contributed by atoms with E-state index in [1.807, 2.05) is 11.8 Å². The van der Waals surface area contributed by atoms with Crippen LogP contribution in [0, 0.1) is 0 Å². The third kappa shape index (κ3) is 4.95. The number of nitrogens with two attached hydrogens (primary N) is 1. The third-order valence-electron chi connectivity index (χ3n) is 3.07. The van der Waals surface area contributed by atoms with E-state index in [-0.39, 0.29) is 24.8 Å². The van der Waals surface area contributed by atoms with Gasteiger partial charge in [-0.25, -0.2) is 0 Å². The second-order valence-corrected chi connectivity index (χ2v) is 5.55. The number of amides is 1. The number of hydrogen-bond donors (Lipinski definition) is 3. The summed E-state index contributed by atoms with van der Waals surface area (Å²) in [6.45, 7) is 0. The quantitative estimate of drug-likeness (QED) is 0.649. The molecule has 1 saturated carbocycles. The maximum absolute atomic E-state index is 11.7. The van der Waals surface area contributed by atoms with Crippen LogP contribution in [0.2, 0.25) is 0 Å². The van der Waals surface area contributed by atoms with Crippen molar-refractivity contribution in [1.29, 1.82) is 0 Å². The molecule has 0 spiro atoms. The van der Waals surface area contributed by atoms with E-state index >= 15 is 0 Å². The van der Waals surface area contributed by atoms with Crippen LogP contribution < -0.4 is 11.1 Å². The molecule has 0 aliphatic heterocycles. The van der Waals surface area contributed by atoms with Crippen LogP contribution in [-0.4, -0.2) is 40.6 Å². The minimum Gasteiger partial charge on any atom is -0.481 e. The Hall–Kier alpha value is -0.750. The van der Waals surface area contributed by atoms with Crippen LogP contribution in [0.5, 0.6) is 0 Å². The van der Waals surface area contributed by atoms with Gasteiger partial charge in [0.2, 0.25) is 5.91 Å². The van der Waals surface area contributed by atoms with Crippen molar-refractivity contribution >= 4 is 23.6 Å². The molecule has 1 aliphatic rings. The summed E-state index contributed by atoms with van der Waals surface area (Å²) in [5, 5.41) is 12.0. The second-order valence-electron chi connectivity index (χ2n) is 4.42. The first-order chi connectivity index (χ1) is 8.02. The third-order valence-corrected chi connectivity index (χ3v) is 4.17. The Morgan fingerprint density at radius 1 is 1.53 bits per heavy atom. The Kier molecular flexibility index (Phi) is 5.77. The van der Waals surface area contributed by atoms with E-state index in [4.69, 9.17) is 10.8 Å². The van der Waals surface area contributed by atoms with Gasteiger partial charge in [0.15, 0.2) is 0 Å². The van der Waals surface area contributed by atoms with Crippen LogP contribution in [-0.2, 0) is 9.59 Å². The lowest BCUT2D eigenvalue weighted by atomic mass is 10.1. The van der Waals surface area contributed by atoms with E-state index in [0.717, 1.165) is 19.3 Å². The van der Waals surface area contributed by atoms with E-state index in [9.17, 15) is 9.59 Å². The van der Waals surface area contributed by atoms with Crippen LogP contribution in [0.3, 0.4) is 0 Å². The highest BCUT2D eigenvalue weighted by atomic mass is 32.2. The number of nitrogens with one attached hydrogen (secondary N) is 1. The van der Waals surface area contributed by atoms with Crippen molar-refractivity contribution in [2.24, 2.45) is 5.73 Å². The van der Waals surface area contributed by atoms with Crippen LogP contribution in [0.4, 0.5) is 0 Å². The SMILES string of the molecule is CSC1CCC(NC(=O)C(N)CCC(=O)O)C1. The maximum atomic E-state index is 11.7. The average molecular weight is 260 g/mol. The van der Waals surface area contributed by atoms with Crippen molar-refractivity contribution in [3.63, 3.8) is 0 Å². The van der Waals surface area contributed by atoms with Crippen LogP contribution in [0.15, 0.2) is 0 Å². The number of carboxylic acids is 1. The van der Waals surface area contributed by atoms with Gasteiger partial charge < -0.3 is 16.2 Å². The highest BCUT2D eigenvalue weighted by Crippen LogP contribution is 2.28. The summed E-state index contributed by atoms with van der Waals surface area (Å²) in [6.07, 6.45) is 5.30. The highest BCUT2D eigenvalue weighted by molar-refractivity contribution is 7.99.